The number of hydrogen-bond acceptors (Lipinski definition) is 4. The van der Waals surface area contributed by atoms with Crippen LogP contribution in [0.1, 0.15) is 24.8 Å². The lowest BCUT2D eigenvalue weighted by atomic mass is 10.1. The SMILES string of the molecule is O=C1N(CC2CC2)c2ccc(Sc3ccc(F)c(F)c3)cc2C12OCCCO2. The van der Waals surface area contributed by atoms with Crippen molar-refractivity contribution in [1.29, 1.82) is 0 Å². The number of carbonyl (C=O) groups is 1. The van der Waals surface area contributed by atoms with Gasteiger partial charge in [-0.25, -0.2) is 8.78 Å². The molecular weight excluding hydrogens is 384 g/mol. The summed E-state index contributed by atoms with van der Waals surface area (Å²) in [5, 5.41) is 0. The van der Waals surface area contributed by atoms with Crippen LogP contribution < -0.4 is 4.90 Å². The number of nitrogens with zero attached hydrogens (tertiary/aromatic N) is 1. The van der Waals surface area contributed by atoms with Gasteiger partial charge in [0.15, 0.2) is 11.6 Å². The highest BCUT2D eigenvalue weighted by Gasteiger charge is 2.55. The van der Waals surface area contributed by atoms with Crippen LogP contribution in [0.5, 0.6) is 0 Å². The average Bonchev–Trinajstić information content (AvgIpc) is 3.50. The number of rotatable bonds is 4. The molecule has 0 bridgehead atoms. The van der Waals surface area contributed by atoms with Crippen LogP contribution in [0, 0.1) is 17.6 Å². The molecule has 5 rings (SSSR count). The maximum Gasteiger partial charge on any atom is 0.292 e. The summed E-state index contributed by atoms with van der Waals surface area (Å²) in [4.78, 5) is 16.4. The minimum absolute atomic E-state index is 0.163. The Morgan fingerprint density at radius 1 is 1.04 bits per heavy atom. The largest absolute Gasteiger partial charge is 0.338 e. The van der Waals surface area contributed by atoms with Crippen LogP contribution in [0.15, 0.2) is 46.2 Å². The van der Waals surface area contributed by atoms with Crippen molar-refractivity contribution in [3.63, 3.8) is 0 Å². The molecule has 2 heterocycles. The zero-order valence-corrected chi connectivity index (χ0v) is 15.9. The van der Waals surface area contributed by atoms with Crippen LogP contribution in [0.25, 0.3) is 0 Å². The summed E-state index contributed by atoms with van der Waals surface area (Å²) in [6.45, 7) is 1.60. The van der Waals surface area contributed by atoms with Crippen molar-refractivity contribution in [2.24, 2.45) is 5.92 Å². The lowest BCUT2D eigenvalue weighted by Crippen LogP contribution is -2.47. The van der Waals surface area contributed by atoms with Crippen molar-refractivity contribution in [2.45, 2.75) is 34.8 Å². The first-order chi connectivity index (χ1) is 13.6. The molecule has 0 radical (unpaired) electrons. The number of fused-ring (bicyclic) bond motifs is 2. The van der Waals surface area contributed by atoms with Crippen molar-refractivity contribution in [2.75, 3.05) is 24.7 Å². The van der Waals surface area contributed by atoms with Gasteiger partial charge in [0, 0.05) is 21.9 Å². The minimum atomic E-state index is -1.38. The van der Waals surface area contributed by atoms with E-state index in [0.717, 1.165) is 35.9 Å². The third-order valence-corrected chi connectivity index (χ3v) is 6.28. The molecule has 0 unspecified atom stereocenters. The van der Waals surface area contributed by atoms with E-state index in [4.69, 9.17) is 9.47 Å². The fourth-order valence-corrected chi connectivity index (χ4v) is 4.59. The van der Waals surface area contributed by atoms with Crippen molar-refractivity contribution in [3.8, 4) is 0 Å². The van der Waals surface area contributed by atoms with Crippen molar-refractivity contribution in [1.82, 2.24) is 0 Å². The van der Waals surface area contributed by atoms with E-state index < -0.39 is 17.4 Å². The van der Waals surface area contributed by atoms with Crippen LogP contribution in [0.4, 0.5) is 14.5 Å². The Kier molecular flexibility index (Phi) is 4.41. The Balaban J connectivity index is 1.51. The standard InChI is InChI=1S/C21H19F2NO3S/c22-17-6-4-15(11-18(17)23)28-14-5-7-19-16(10-14)21(26-8-1-9-27-21)20(25)24(19)12-13-2-3-13/h4-7,10-11,13H,1-3,8-9,12H2. The number of halogens is 2. The Labute approximate surface area is 165 Å². The molecule has 7 heteroatoms. The number of amides is 1. The summed E-state index contributed by atoms with van der Waals surface area (Å²) in [7, 11) is 0. The molecule has 28 heavy (non-hydrogen) atoms. The van der Waals surface area contributed by atoms with E-state index >= 15 is 0 Å². The van der Waals surface area contributed by atoms with Crippen molar-refractivity contribution in [3.05, 3.63) is 53.6 Å². The molecule has 1 spiro atoms. The van der Waals surface area contributed by atoms with Gasteiger partial charge in [0.1, 0.15) is 0 Å². The molecule has 1 aliphatic carbocycles. The number of benzene rings is 2. The lowest BCUT2D eigenvalue weighted by Gasteiger charge is -2.32. The van der Waals surface area contributed by atoms with Gasteiger partial charge >= 0.3 is 0 Å². The summed E-state index contributed by atoms with van der Waals surface area (Å²) in [5.41, 5.74) is 1.51. The first kappa shape index (κ1) is 18.1. The third kappa shape index (κ3) is 3.02. The van der Waals surface area contributed by atoms with E-state index in [1.54, 1.807) is 4.90 Å². The second-order valence-electron chi connectivity index (χ2n) is 7.38. The molecule has 1 saturated heterocycles. The predicted octanol–water partition coefficient (Wildman–Crippen LogP) is 4.46. The fourth-order valence-electron chi connectivity index (χ4n) is 3.71. The Morgan fingerprint density at radius 2 is 1.75 bits per heavy atom. The third-order valence-electron chi connectivity index (χ3n) is 5.30. The van der Waals surface area contributed by atoms with Gasteiger partial charge in [-0.2, -0.15) is 0 Å². The monoisotopic (exact) mass is 403 g/mol. The second kappa shape index (κ2) is 6.83. The maximum absolute atomic E-state index is 13.5. The molecule has 3 aliphatic rings. The van der Waals surface area contributed by atoms with Gasteiger partial charge in [0.2, 0.25) is 0 Å². The van der Waals surface area contributed by atoms with Gasteiger partial charge < -0.3 is 14.4 Å². The Bertz CT molecular complexity index is 941. The van der Waals surface area contributed by atoms with E-state index in [1.165, 1.54) is 23.9 Å². The number of ether oxygens (including phenoxy) is 2. The van der Waals surface area contributed by atoms with E-state index in [1.807, 2.05) is 18.2 Å². The van der Waals surface area contributed by atoms with Crippen LogP contribution in [-0.4, -0.2) is 25.7 Å². The topological polar surface area (TPSA) is 38.8 Å². The van der Waals surface area contributed by atoms with Crippen molar-refractivity contribution >= 4 is 23.4 Å². The zero-order chi connectivity index (χ0) is 19.3. The number of anilines is 1. The highest BCUT2D eigenvalue weighted by Crippen LogP contribution is 2.48. The average molecular weight is 403 g/mol. The minimum Gasteiger partial charge on any atom is -0.338 e. The molecule has 2 aliphatic heterocycles. The fraction of sp³-hybridized carbons (Fsp3) is 0.381. The molecule has 1 saturated carbocycles. The molecule has 2 aromatic carbocycles. The molecule has 0 aromatic heterocycles. The van der Waals surface area contributed by atoms with E-state index in [2.05, 4.69) is 0 Å². The molecular formula is C21H19F2NO3S. The zero-order valence-electron chi connectivity index (χ0n) is 15.1. The number of carbonyl (C=O) groups excluding carboxylic acids is 1. The first-order valence-electron chi connectivity index (χ1n) is 9.44. The molecule has 1 amide bonds. The van der Waals surface area contributed by atoms with Gasteiger partial charge in [-0.1, -0.05) is 11.8 Å². The summed E-state index contributed by atoms with van der Waals surface area (Å²) >= 11 is 1.30. The summed E-state index contributed by atoms with van der Waals surface area (Å²) in [6.07, 6.45) is 3.02. The highest BCUT2D eigenvalue weighted by molar-refractivity contribution is 7.99. The molecule has 2 fully saturated rings. The Morgan fingerprint density at radius 3 is 2.46 bits per heavy atom. The smallest absolute Gasteiger partial charge is 0.292 e. The summed E-state index contributed by atoms with van der Waals surface area (Å²) < 4.78 is 38.5. The van der Waals surface area contributed by atoms with E-state index in [-0.39, 0.29) is 5.91 Å². The van der Waals surface area contributed by atoms with E-state index in [0.29, 0.717) is 36.1 Å². The second-order valence-corrected chi connectivity index (χ2v) is 8.53. The predicted molar refractivity (Wildman–Crippen MR) is 100 cm³/mol. The van der Waals surface area contributed by atoms with E-state index in [9.17, 15) is 13.6 Å². The number of hydrogen-bond donors (Lipinski definition) is 0. The molecule has 0 atom stereocenters. The molecule has 146 valence electrons. The van der Waals surface area contributed by atoms with Gasteiger partial charge in [-0.05, 0) is 61.6 Å². The maximum atomic E-state index is 13.5. The van der Waals surface area contributed by atoms with Crippen LogP contribution in [0.2, 0.25) is 0 Å². The molecule has 0 N–H and O–H groups in total. The quantitative estimate of drug-likeness (QED) is 0.756. The lowest BCUT2D eigenvalue weighted by molar-refractivity contribution is -0.256. The van der Waals surface area contributed by atoms with Crippen LogP contribution in [-0.2, 0) is 20.1 Å². The van der Waals surface area contributed by atoms with Gasteiger partial charge in [0.25, 0.3) is 11.7 Å². The highest BCUT2D eigenvalue weighted by atomic mass is 32.2. The van der Waals surface area contributed by atoms with Gasteiger partial charge in [-0.15, -0.1) is 0 Å². The van der Waals surface area contributed by atoms with Gasteiger partial charge in [-0.3, -0.25) is 4.79 Å². The van der Waals surface area contributed by atoms with Gasteiger partial charge in [0.05, 0.1) is 18.9 Å². The molecule has 4 nitrogen and oxygen atoms in total. The first-order valence-corrected chi connectivity index (χ1v) is 10.3. The van der Waals surface area contributed by atoms with Crippen molar-refractivity contribution < 1.29 is 23.0 Å². The Hall–Kier alpha value is -1.96. The molecule has 2 aromatic rings. The summed E-state index contributed by atoms with van der Waals surface area (Å²) in [5.74, 6) is -2.77. The van der Waals surface area contributed by atoms with Crippen LogP contribution >= 0.6 is 11.8 Å². The summed E-state index contributed by atoms with van der Waals surface area (Å²) in [6, 6.07) is 9.47. The van der Waals surface area contributed by atoms with Crippen LogP contribution in [0.3, 0.4) is 0 Å². The normalized spacial score (nSPS) is 20.6.